The lowest BCUT2D eigenvalue weighted by atomic mass is 10.2. The molecule has 3 heterocycles. The van der Waals surface area contributed by atoms with Crippen LogP contribution in [0.25, 0.3) is 11.5 Å². The van der Waals surface area contributed by atoms with Crippen molar-refractivity contribution in [2.75, 3.05) is 6.79 Å². The standard InChI is InChI=1S/C17H17N5O4/c1-2-15-18-5-6-22(15)9-16(23)19-8-14-20-17(26-21-14)11-3-4-12-13(7-11)25-10-24-12/h3-7H,2,8-10H2,1H3,(H,19,23). The molecule has 9 heteroatoms. The molecule has 0 aliphatic carbocycles. The molecule has 3 aromatic rings. The summed E-state index contributed by atoms with van der Waals surface area (Å²) in [7, 11) is 0. The van der Waals surface area contributed by atoms with Gasteiger partial charge in [-0.15, -0.1) is 0 Å². The first-order valence-corrected chi connectivity index (χ1v) is 8.22. The third-order valence-electron chi connectivity index (χ3n) is 3.96. The van der Waals surface area contributed by atoms with Crippen LogP contribution in [-0.4, -0.2) is 32.4 Å². The molecule has 1 N–H and O–H groups in total. The minimum atomic E-state index is -0.146. The van der Waals surface area contributed by atoms with Gasteiger partial charge in [0.05, 0.1) is 6.54 Å². The van der Waals surface area contributed by atoms with Gasteiger partial charge in [0.25, 0.3) is 5.89 Å². The molecule has 1 aromatic carbocycles. The predicted molar refractivity (Wildman–Crippen MR) is 89.3 cm³/mol. The first-order valence-electron chi connectivity index (χ1n) is 8.22. The fourth-order valence-corrected chi connectivity index (χ4v) is 2.66. The molecule has 0 atom stereocenters. The lowest BCUT2D eigenvalue weighted by Crippen LogP contribution is -2.28. The molecular weight excluding hydrogens is 338 g/mol. The monoisotopic (exact) mass is 355 g/mol. The molecule has 0 saturated carbocycles. The van der Waals surface area contributed by atoms with Gasteiger partial charge in [-0.1, -0.05) is 12.1 Å². The van der Waals surface area contributed by atoms with E-state index in [1.54, 1.807) is 24.5 Å². The molecule has 2 aromatic heterocycles. The van der Waals surface area contributed by atoms with E-state index in [2.05, 4.69) is 20.4 Å². The number of hydrogen-bond acceptors (Lipinski definition) is 7. The number of imidazole rings is 1. The fourth-order valence-electron chi connectivity index (χ4n) is 2.66. The minimum absolute atomic E-state index is 0.146. The lowest BCUT2D eigenvalue weighted by Gasteiger charge is -2.06. The van der Waals surface area contributed by atoms with E-state index in [1.165, 1.54) is 0 Å². The average molecular weight is 355 g/mol. The highest BCUT2D eigenvalue weighted by atomic mass is 16.7. The summed E-state index contributed by atoms with van der Waals surface area (Å²) >= 11 is 0. The molecule has 1 amide bonds. The molecule has 9 nitrogen and oxygen atoms in total. The predicted octanol–water partition coefficient (Wildman–Crippen LogP) is 1.54. The Balaban J connectivity index is 1.37. The van der Waals surface area contributed by atoms with Gasteiger partial charge in [-0.3, -0.25) is 4.79 Å². The number of fused-ring (bicyclic) bond motifs is 1. The lowest BCUT2D eigenvalue weighted by molar-refractivity contribution is -0.121. The smallest absolute Gasteiger partial charge is 0.258 e. The number of rotatable bonds is 6. The first kappa shape index (κ1) is 16.1. The number of aromatic nitrogens is 4. The van der Waals surface area contributed by atoms with Gasteiger partial charge in [-0.05, 0) is 18.2 Å². The maximum atomic E-state index is 12.1. The number of benzene rings is 1. The SMILES string of the molecule is CCc1nccn1CC(=O)NCc1noc(-c2ccc3c(c2)OCO3)n1. The molecule has 0 radical (unpaired) electrons. The van der Waals surface area contributed by atoms with Gasteiger partial charge in [0, 0.05) is 24.4 Å². The van der Waals surface area contributed by atoms with Crippen LogP contribution in [0.5, 0.6) is 11.5 Å². The van der Waals surface area contributed by atoms with Crippen molar-refractivity contribution in [3.05, 3.63) is 42.2 Å². The second kappa shape index (κ2) is 6.87. The normalized spacial score (nSPS) is 12.3. The number of ether oxygens (including phenoxy) is 2. The van der Waals surface area contributed by atoms with Crippen LogP contribution in [0.2, 0.25) is 0 Å². The van der Waals surface area contributed by atoms with Crippen LogP contribution in [0, 0.1) is 0 Å². The van der Waals surface area contributed by atoms with Crippen LogP contribution >= 0.6 is 0 Å². The van der Waals surface area contributed by atoms with Crippen LogP contribution < -0.4 is 14.8 Å². The molecule has 0 fully saturated rings. The van der Waals surface area contributed by atoms with Gasteiger partial charge >= 0.3 is 0 Å². The molecule has 26 heavy (non-hydrogen) atoms. The fraction of sp³-hybridized carbons (Fsp3) is 0.294. The highest BCUT2D eigenvalue weighted by Gasteiger charge is 2.17. The third kappa shape index (κ3) is 3.23. The second-order valence-corrected chi connectivity index (χ2v) is 5.69. The zero-order valence-corrected chi connectivity index (χ0v) is 14.1. The first-order chi connectivity index (χ1) is 12.7. The van der Waals surface area contributed by atoms with Crippen molar-refractivity contribution in [2.24, 2.45) is 0 Å². The number of carbonyl (C=O) groups is 1. The maximum absolute atomic E-state index is 12.1. The van der Waals surface area contributed by atoms with Crippen molar-refractivity contribution in [1.29, 1.82) is 0 Å². The number of hydrogen-bond donors (Lipinski definition) is 1. The summed E-state index contributed by atoms with van der Waals surface area (Å²) in [5, 5.41) is 6.67. The summed E-state index contributed by atoms with van der Waals surface area (Å²) < 4.78 is 17.7. The minimum Gasteiger partial charge on any atom is -0.454 e. The third-order valence-corrected chi connectivity index (χ3v) is 3.96. The topological polar surface area (TPSA) is 104 Å². The van der Waals surface area contributed by atoms with E-state index in [-0.39, 0.29) is 25.8 Å². The van der Waals surface area contributed by atoms with E-state index in [9.17, 15) is 4.79 Å². The Morgan fingerprint density at radius 1 is 1.31 bits per heavy atom. The van der Waals surface area contributed by atoms with E-state index >= 15 is 0 Å². The van der Waals surface area contributed by atoms with Crippen LogP contribution in [-0.2, 0) is 24.3 Å². The van der Waals surface area contributed by atoms with Crippen molar-refractivity contribution < 1.29 is 18.8 Å². The second-order valence-electron chi connectivity index (χ2n) is 5.69. The van der Waals surface area contributed by atoms with Gasteiger partial charge in [-0.25, -0.2) is 4.98 Å². The van der Waals surface area contributed by atoms with Gasteiger partial charge in [0.2, 0.25) is 12.7 Å². The molecule has 0 saturated heterocycles. The Bertz CT molecular complexity index is 933. The Labute approximate surface area is 148 Å². The average Bonchev–Trinajstić information content (AvgIpc) is 3.39. The van der Waals surface area contributed by atoms with Crippen molar-refractivity contribution in [1.82, 2.24) is 25.0 Å². The number of nitrogens with one attached hydrogen (secondary N) is 1. The Morgan fingerprint density at radius 3 is 3.08 bits per heavy atom. The van der Waals surface area contributed by atoms with Crippen molar-refractivity contribution in [3.8, 4) is 23.0 Å². The van der Waals surface area contributed by atoms with Crippen LogP contribution in [0.1, 0.15) is 18.6 Å². The number of amides is 1. The Morgan fingerprint density at radius 2 is 2.19 bits per heavy atom. The molecule has 0 spiro atoms. The number of aryl methyl sites for hydroxylation is 1. The highest BCUT2D eigenvalue weighted by molar-refractivity contribution is 5.75. The molecule has 134 valence electrons. The van der Waals surface area contributed by atoms with Crippen molar-refractivity contribution in [2.45, 2.75) is 26.4 Å². The quantitative estimate of drug-likeness (QED) is 0.715. The molecule has 1 aliphatic rings. The van der Waals surface area contributed by atoms with Gasteiger partial charge in [0.1, 0.15) is 12.4 Å². The highest BCUT2D eigenvalue weighted by Crippen LogP contribution is 2.35. The van der Waals surface area contributed by atoms with Gasteiger partial charge < -0.3 is 23.9 Å². The van der Waals surface area contributed by atoms with E-state index in [1.807, 2.05) is 17.6 Å². The largest absolute Gasteiger partial charge is 0.454 e. The molecule has 0 unspecified atom stereocenters. The molecule has 4 rings (SSSR count). The van der Waals surface area contributed by atoms with Crippen molar-refractivity contribution >= 4 is 5.91 Å². The zero-order valence-electron chi connectivity index (χ0n) is 14.1. The molecule has 1 aliphatic heterocycles. The zero-order chi connectivity index (χ0) is 17.9. The molecular formula is C17H17N5O4. The maximum Gasteiger partial charge on any atom is 0.258 e. The van der Waals surface area contributed by atoms with Gasteiger partial charge in [0.15, 0.2) is 17.3 Å². The summed E-state index contributed by atoms with van der Waals surface area (Å²) in [5.74, 6) is 2.80. The van der Waals surface area contributed by atoms with Crippen LogP contribution in [0.15, 0.2) is 35.1 Å². The number of carbonyl (C=O) groups excluding carboxylic acids is 1. The van der Waals surface area contributed by atoms with Crippen LogP contribution in [0.3, 0.4) is 0 Å². The summed E-state index contributed by atoms with van der Waals surface area (Å²) in [6.45, 7) is 2.59. The van der Waals surface area contributed by atoms with Gasteiger partial charge in [-0.2, -0.15) is 4.98 Å². The summed E-state index contributed by atoms with van der Waals surface area (Å²) in [6, 6.07) is 5.39. The van der Waals surface area contributed by atoms with E-state index in [0.717, 1.165) is 17.8 Å². The van der Waals surface area contributed by atoms with E-state index < -0.39 is 0 Å². The van der Waals surface area contributed by atoms with E-state index in [4.69, 9.17) is 14.0 Å². The van der Waals surface area contributed by atoms with E-state index in [0.29, 0.717) is 23.2 Å². The van der Waals surface area contributed by atoms with Crippen molar-refractivity contribution in [3.63, 3.8) is 0 Å². The van der Waals surface area contributed by atoms with Crippen LogP contribution in [0.4, 0.5) is 0 Å². The number of nitrogens with zero attached hydrogens (tertiary/aromatic N) is 4. The molecule has 0 bridgehead atoms. The Kier molecular flexibility index (Phi) is 4.26. The summed E-state index contributed by atoms with van der Waals surface area (Å²) in [5.41, 5.74) is 0.727. The Hall–Kier alpha value is -3.36. The summed E-state index contributed by atoms with van der Waals surface area (Å²) in [4.78, 5) is 20.6. The summed E-state index contributed by atoms with van der Waals surface area (Å²) in [6.07, 6.45) is 4.23.